The van der Waals surface area contributed by atoms with Gasteiger partial charge < -0.3 is 5.11 Å². The van der Waals surface area contributed by atoms with E-state index in [-0.39, 0.29) is 5.75 Å². The van der Waals surface area contributed by atoms with E-state index in [0.717, 1.165) is 31.0 Å². The number of nitrogens with zero attached hydrogens (tertiary/aromatic N) is 2. The molecule has 2 aromatic heterocycles. The number of unbranched alkanes of at least 4 members (excludes halogenated alkanes) is 1. The fourth-order valence-corrected chi connectivity index (χ4v) is 9.33. The number of quaternary nitrogens is 1. The number of thiazole rings is 1. The summed E-state index contributed by atoms with van der Waals surface area (Å²) in [6.07, 6.45) is 5.19. The topological polar surface area (TPSA) is 95.5 Å². The van der Waals surface area contributed by atoms with Crippen LogP contribution in [0.5, 0.6) is 0 Å². The molecule has 1 aromatic carbocycles. The van der Waals surface area contributed by atoms with Crippen LogP contribution in [0.2, 0.25) is 5.02 Å². The molecule has 0 bridgehead atoms. The van der Waals surface area contributed by atoms with Gasteiger partial charge in [0.1, 0.15) is 4.70 Å². The smallest absolute Gasteiger partial charge is 0.369 e. The van der Waals surface area contributed by atoms with E-state index in [1.165, 1.54) is 10.3 Å². The molecule has 0 aliphatic carbocycles. The van der Waals surface area contributed by atoms with Crippen molar-refractivity contribution in [2.24, 2.45) is 0 Å². The maximum absolute atomic E-state index is 11.9. The summed E-state index contributed by atoms with van der Waals surface area (Å²) in [5, 5.41) is 14.5. The van der Waals surface area contributed by atoms with Crippen LogP contribution in [0.15, 0.2) is 45.2 Å². The van der Waals surface area contributed by atoms with Crippen LogP contribution >= 0.6 is 46.0 Å². The lowest BCUT2D eigenvalue weighted by atomic mass is 10.2. The molecule has 0 radical (unpaired) electrons. The van der Waals surface area contributed by atoms with E-state index in [4.69, 9.17) is 16.2 Å². The number of rotatable bonds is 8. The minimum absolute atomic E-state index is 0.243. The first-order valence-corrected chi connectivity index (χ1v) is 15.8. The second-order valence-electron chi connectivity index (χ2n) is 9.13. The number of thioether (sulfide) groups is 1. The van der Waals surface area contributed by atoms with E-state index < -0.39 is 22.1 Å². The van der Waals surface area contributed by atoms with Crippen LogP contribution in [-0.2, 0) is 21.5 Å². The molecule has 2 unspecified atom stereocenters. The quantitative estimate of drug-likeness (QED) is 0.116. The Balaban J connectivity index is 1.47. The average Bonchev–Trinajstić information content (AvgIpc) is 3.20. The normalized spacial score (nSPS) is 22.6. The van der Waals surface area contributed by atoms with Gasteiger partial charge in [0.25, 0.3) is 20.0 Å². The predicted molar refractivity (Wildman–Crippen MR) is 147 cm³/mol. The summed E-state index contributed by atoms with van der Waals surface area (Å²) in [7, 11) is -3.97. The largest absolute Gasteiger partial charge is 0.477 e. The van der Waals surface area contributed by atoms with Crippen LogP contribution in [0, 0.1) is 6.92 Å². The molecule has 36 heavy (non-hydrogen) atoms. The Labute approximate surface area is 226 Å². The number of fused-ring (bicyclic) bond motifs is 3. The second kappa shape index (κ2) is 9.54. The van der Waals surface area contributed by atoms with E-state index in [1.54, 1.807) is 34.4 Å². The van der Waals surface area contributed by atoms with E-state index in [1.807, 2.05) is 25.1 Å². The lowest BCUT2D eigenvalue weighted by Gasteiger charge is -2.13. The van der Waals surface area contributed by atoms with Gasteiger partial charge in [-0.3, -0.25) is 4.55 Å². The Bertz CT molecular complexity index is 1560. The van der Waals surface area contributed by atoms with Gasteiger partial charge in [0.05, 0.1) is 10.6 Å². The molecule has 5 rings (SSSR count). The molecule has 0 saturated carbocycles. The molecule has 1 saturated heterocycles. The summed E-state index contributed by atoms with van der Waals surface area (Å²) in [5.74, 6) is -1.06. The summed E-state index contributed by atoms with van der Waals surface area (Å²) in [5.41, 5.74) is 3.15. The molecule has 2 N–H and O–H groups in total. The number of hydrogen-bond acceptors (Lipinski definition) is 6. The minimum atomic E-state index is -3.97. The van der Waals surface area contributed by atoms with Gasteiger partial charge >= 0.3 is 5.97 Å². The zero-order valence-corrected chi connectivity index (χ0v) is 23.6. The molecule has 7 nitrogen and oxygen atoms in total. The summed E-state index contributed by atoms with van der Waals surface area (Å²) >= 11 is 11.2. The third-order valence-corrected chi connectivity index (χ3v) is 11.2. The van der Waals surface area contributed by atoms with Crippen LogP contribution in [0.1, 0.15) is 30.3 Å². The van der Waals surface area contributed by atoms with Crippen LogP contribution in [0.3, 0.4) is 0 Å². The lowest BCUT2D eigenvalue weighted by Crippen LogP contribution is -2.34. The van der Waals surface area contributed by atoms with Gasteiger partial charge in [0, 0.05) is 35.0 Å². The third-order valence-electron chi connectivity index (χ3n) is 6.46. The predicted octanol–water partition coefficient (Wildman–Crippen LogP) is 5.70. The Morgan fingerprint density at radius 1 is 1.33 bits per heavy atom. The van der Waals surface area contributed by atoms with Crippen molar-refractivity contribution < 1.29 is 27.4 Å². The molecular weight excluding hydrogens is 560 g/mol. The summed E-state index contributed by atoms with van der Waals surface area (Å²) in [6.45, 7) is 5.25. The Hall–Kier alpha value is -1.73. The van der Waals surface area contributed by atoms with Gasteiger partial charge in [-0.1, -0.05) is 34.3 Å². The number of aromatic nitrogens is 1. The molecular formula is C24H25ClN2O5S4+2. The zero-order chi connectivity index (χ0) is 25.8. The van der Waals surface area contributed by atoms with Gasteiger partial charge in [0.15, 0.2) is 23.8 Å². The van der Waals surface area contributed by atoms with Crippen molar-refractivity contribution >= 4 is 83.4 Å². The van der Waals surface area contributed by atoms with Gasteiger partial charge in [-0.2, -0.15) is 13.0 Å². The standard InChI is InChI=1S/C24H23ClN2O5S4/c1-14(10-21-27(12-18(27)24(28)29)17-11-16(25)5-6-19(17)34-21)9-20-26(7-3-4-8-36(30,31)32)23-22(35-20)15(2)13-33-23/h5-6,9-11,13,18H,3-4,7-8,12H2,1-2H3/p+2. The summed E-state index contributed by atoms with van der Waals surface area (Å²) < 4.78 is 35.0. The Kier molecular flexibility index (Phi) is 6.86. The van der Waals surface area contributed by atoms with Crippen molar-refractivity contribution in [1.82, 2.24) is 4.48 Å². The Morgan fingerprint density at radius 2 is 2.11 bits per heavy atom. The molecule has 3 aromatic rings. The molecule has 4 heterocycles. The van der Waals surface area contributed by atoms with E-state index in [2.05, 4.69) is 29.0 Å². The Morgan fingerprint density at radius 3 is 2.81 bits per heavy atom. The first-order valence-electron chi connectivity index (χ1n) is 11.3. The fourth-order valence-electron chi connectivity index (χ4n) is 4.64. The molecule has 12 heteroatoms. The van der Waals surface area contributed by atoms with Crippen LogP contribution < -0.4 is 9.05 Å². The number of halogens is 1. The number of thiophene rings is 1. The highest BCUT2D eigenvalue weighted by Gasteiger charge is 2.68. The van der Waals surface area contributed by atoms with Crippen molar-refractivity contribution in [3.05, 3.63) is 55.9 Å². The van der Waals surface area contributed by atoms with Crippen LogP contribution in [0.4, 0.5) is 5.69 Å². The molecule has 1 fully saturated rings. The molecule has 0 amide bonds. The molecule has 190 valence electrons. The van der Waals surface area contributed by atoms with Crippen molar-refractivity contribution in [3.63, 3.8) is 0 Å². The lowest BCUT2D eigenvalue weighted by molar-refractivity contribution is -0.667. The van der Waals surface area contributed by atoms with Crippen LogP contribution in [-0.4, -0.2) is 42.4 Å². The molecule has 2 aliphatic heterocycles. The molecule has 1 spiro atoms. The zero-order valence-electron chi connectivity index (χ0n) is 19.6. The van der Waals surface area contributed by atoms with Crippen molar-refractivity contribution in [3.8, 4) is 0 Å². The number of aryl methyl sites for hydroxylation is 2. The maximum atomic E-state index is 11.9. The number of aliphatic carboxylic acids is 1. The maximum Gasteiger partial charge on any atom is 0.369 e. The van der Waals surface area contributed by atoms with Gasteiger partial charge in [-0.25, -0.2) is 9.28 Å². The summed E-state index contributed by atoms with van der Waals surface area (Å²) in [6, 6.07) is 5.15. The molecule has 2 atom stereocenters. The van der Waals surface area contributed by atoms with E-state index >= 15 is 0 Å². The first-order chi connectivity index (χ1) is 17.0. The van der Waals surface area contributed by atoms with Crippen molar-refractivity contribution in [2.45, 2.75) is 44.2 Å². The minimum Gasteiger partial charge on any atom is -0.477 e. The van der Waals surface area contributed by atoms with Crippen molar-refractivity contribution in [1.29, 1.82) is 0 Å². The van der Waals surface area contributed by atoms with Crippen molar-refractivity contribution in [2.75, 3.05) is 12.3 Å². The first kappa shape index (κ1) is 25.9. The highest BCUT2D eigenvalue weighted by atomic mass is 35.5. The average molecular weight is 585 g/mol. The van der Waals surface area contributed by atoms with Gasteiger partial charge in [-0.15, -0.1) is 0 Å². The number of carbonyl (C=O) groups is 1. The highest BCUT2D eigenvalue weighted by molar-refractivity contribution is 8.03. The third kappa shape index (κ3) is 4.78. The number of hydrogen-bond donors (Lipinski definition) is 2. The van der Waals surface area contributed by atoms with Gasteiger partial charge in [-0.05, 0) is 55.3 Å². The van der Waals surface area contributed by atoms with Gasteiger partial charge in [0.2, 0.25) is 6.04 Å². The fraction of sp³-hybridized carbons (Fsp3) is 0.333. The number of allylic oxidation sites excluding steroid dienone is 2. The van der Waals surface area contributed by atoms with E-state index in [9.17, 15) is 18.3 Å². The van der Waals surface area contributed by atoms with E-state index in [0.29, 0.717) is 35.4 Å². The number of carboxylic acids is 1. The molecule has 2 aliphatic rings. The number of benzene rings is 1. The monoisotopic (exact) mass is 584 g/mol. The van der Waals surface area contributed by atoms with Crippen LogP contribution in [0.25, 0.3) is 15.6 Å². The SMILES string of the molecule is CC(=Cc1sc2c(C)csc2[n+]1CCCCS(=O)(=O)O)C=C1Sc2ccc(Cl)cc2[N+]12CC2C(=O)O. The number of carboxylic acid groups (broad SMARTS) is 1. The second-order valence-corrected chi connectivity index (χ2v) is 14.1. The highest BCUT2D eigenvalue weighted by Crippen LogP contribution is 2.59. The summed E-state index contributed by atoms with van der Waals surface area (Å²) in [4.78, 5) is 14.1.